The second-order valence-electron chi connectivity index (χ2n) is 12.5. The minimum Gasteiger partial charge on any atom is -0.491 e. The summed E-state index contributed by atoms with van der Waals surface area (Å²) in [6.45, 7) is 12.4. The van der Waals surface area contributed by atoms with Gasteiger partial charge in [0.15, 0.2) is 12.7 Å². The number of unbranched alkanes of at least 4 members (excludes halogenated alkanes) is 11. The Morgan fingerprint density at radius 2 is 1.46 bits per heavy atom. The van der Waals surface area contributed by atoms with Gasteiger partial charge in [0.1, 0.15) is 5.75 Å². The van der Waals surface area contributed by atoms with Crippen molar-refractivity contribution >= 4 is 22.9 Å². The number of thiazole rings is 1. The first-order valence-electron chi connectivity index (χ1n) is 15.9. The molecule has 0 bridgehead atoms. The lowest BCUT2D eigenvalue weighted by Gasteiger charge is -2.25. The number of amides is 1. The van der Waals surface area contributed by atoms with E-state index >= 15 is 0 Å². The molecule has 0 saturated heterocycles. The molecule has 0 atom stereocenters. The molecule has 0 aliphatic heterocycles. The molecule has 5 heteroatoms. The standard InChI is InChI=1S/C36H52N2O2S/c1-6-7-8-9-10-11-12-13-14-15-16-17-25-40-34-32(36(3,4)5)19-18-20-33(34)37-35(39)31-23-21-30(22-24-31)27-38-26-29(2)41-28-38/h18-24,26,28H,6-17,25,27H2,1-5H3/p+1. The second kappa shape index (κ2) is 17.3. The number of ether oxygens (including phenoxy) is 1. The van der Waals surface area contributed by atoms with Crippen molar-refractivity contribution in [2.24, 2.45) is 0 Å². The number of aromatic nitrogens is 1. The third kappa shape index (κ3) is 11.6. The van der Waals surface area contributed by atoms with Gasteiger partial charge in [-0.05, 0) is 37.0 Å². The van der Waals surface area contributed by atoms with Gasteiger partial charge in [-0.2, -0.15) is 4.57 Å². The van der Waals surface area contributed by atoms with Gasteiger partial charge in [-0.15, -0.1) is 0 Å². The molecular formula is C36H53N2O2S+. The van der Waals surface area contributed by atoms with Crippen LogP contribution in [0.25, 0.3) is 0 Å². The third-order valence-electron chi connectivity index (χ3n) is 7.62. The highest BCUT2D eigenvalue weighted by Gasteiger charge is 2.22. The van der Waals surface area contributed by atoms with Crippen molar-refractivity contribution in [1.82, 2.24) is 0 Å². The normalized spacial score (nSPS) is 11.5. The Bertz CT molecular complexity index is 1180. The second-order valence-corrected chi connectivity index (χ2v) is 13.5. The topological polar surface area (TPSA) is 42.2 Å². The molecule has 2 aromatic carbocycles. The average Bonchev–Trinajstić information content (AvgIpc) is 3.35. The SMILES string of the molecule is CCCCCCCCCCCCCCOc1c(NC(=O)c2ccc(C[n+]3csc(C)c3)cc2)cccc1C(C)(C)C. The Balaban J connectivity index is 1.49. The van der Waals surface area contributed by atoms with Crippen molar-refractivity contribution < 1.29 is 14.1 Å². The van der Waals surface area contributed by atoms with Crippen molar-refractivity contribution in [3.8, 4) is 5.75 Å². The number of carbonyl (C=O) groups excluding carboxylic acids is 1. The fourth-order valence-electron chi connectivity index (χ4n) is 5.19. The summed E-state index contributed by atoms with van der Waals surface area (Å²) in [5.74, 6) is 0.689. The lowest BCUT2D eigenvalue weighted by Crippen LogP contribution is -2.30. The van der Waals surface area contributed by atoms with E-state index in [-0.39, 0.29) is 11.3 Å². The number of anilines is 1. The Kier molecular flexibility index (Phi) is 13.9. The average molecular weight is 578 g/mol. The summed E-state index contributed by atoms with van der Waals surface area (Å²) < 4.78 is 8.57. The maximum atomic E-state index is 13.2. The van der Waals surface area contributed by atoms with E-state index in [4.69, 9.17) is 4.74 Å². The molecule has 0 unspecified atom stereocenters. The van der Waals surface area contributed by atoms with E-state index in [1.807, 2.05) is 36.4 Å². The predicted octanol–water partition coefficient (Wildman–Crippen LogP) is 10.0. The summed E-state index contributed by atoms with van der Waals surface area (Å²) in [5.41, 5.74) is 5.71. The van der Waals surface area contributed by atoms with Crippen LogP contribution in [0.15, 0.2) is 54.2 Å². The Hall–Kier alpha value is -2.66. The predicted molar refractivity (Wildman–Crippen MR) is 174 cm³/mol. The minimum atomic E-state index is -0.114. The number of carbonyl (C=O) groups is 1. The molecule has 3 aromatic rings. The molecule has 0 aliphatic carbocycles. The van der Waals surface area contributed by atoms with Crippen LogP contribution in [0, 0.1) is 6.92 Å². The van der Waals surface area contributed by atoms with Crippen molar-refractivity contribution in [3.05, 3.63) is 75.7 Å². The summed E-state index contributed by atoms with van der Waals surface area (Å²) in [6, 6.07) is 14.0. The highest BCUT2D eigenvalue weighted by Crippen LogP contribution is 2.37. The number of benzene rings is 2. The zero-order chi connectivity index (χ0) is 29.5. The minimum absolute atomic E-state index is 0.0913. The molecule has 0 radical (unpaired) electrons. The van der Waals surface area contributed by atoms with Gasteiger partial charge in [-0.25, -0.2) is 0 Å². The molecule has 1 aromatic heterocycles. The van der Waals surface area contributed by atoms with Crippen LogP contribution in [0.2, 0.25) is 0 Å². The van der Waals surface area contributed by atoms with Gasteiger partial charge < -0.3 is 10.1 Å². The molecule has 1 heterocycles. The van der Waals surface area contributed by atoms with Crippen LogP contribution in [0.4, 0.5) is 5.69 Å². The molecule has 4 nitrogen and oxygen atoms in total. The van der Waals surface area contributed by atoms with E-state index in [9.17, 15) is 4.79 Å². The Morgan fingerprint density at radius 1 is 0.854 bits per heavy atom. The van der Waals surface area contributed by atoms with E-state index < -0.39 is 0 Å². The zero-order valence-corrected chi connectivity index (χ0v) is 27.1. The van der Waals surface area contributed by atoms with E-state index in [0.29, 0.717) is 12.2 Å². The van der Waals surface area contributed by atoms with Gasteiger partial charge in [0, 0.05) is 16.7 Å². The van der Waals surface area contributed by atoms with E-state index in [1.165, 1.54) is 81.1 Å². The van der Waals surface area contributed by atoms with Crippen molar-refractivity contribution in [2.45, 2.75) is 124 Å². The summed E-state index contributed by atoms with van der Waals surface area (Å²) in [6.07, 6.45) is 18.0. The summed E-state index contributed by atoms with van der Waals surface area (Å²) in [5, 5.41) is 3.14. The highest BCUT2D eigenvalue weighted by atomic mass is 32.1. The van der Waals surface area contributed by atoms with Gasteiger partial charge in [0.25, 0.3) is 5.91 Å². The number of nitrogens with zero attached hydrogens (tertiary/aromatic N) is 1. The van der Waals surface area contributed by atoms with Crippen molar-refractivity contribution in [3.63, 3.8) is 0 Å². The first kappa shape index (κ1) is 32.8. The van der Waals surface area contributed by atoms with Gasteiger partial charge in [-0.3, -0.25) is 4.79 Å². The van der Waals surface area contributed by atoms with E-state index in [0.717, 1.165) is 30.0 Å². The van der Waals surface area contributed by atoms with Crippen LogP contribution in [0.3, 0.4) is 0 Å². The first-order chi connectivity index (χ1) is 19.8. The van der Waals surface area contributed by atoms with Crippen molar-refractivity contribution in [1.29, 1.82) is 0 Å². The molecular weight excluding hydrogens is 524 g/mol. The quantitative estimate of drug-likeness (QED) is 0.121. The molecule has 224 valence electrons. The molecule has 3 rings (SSSR count). The summed E-state index contributed by atoms with van der Waals surface area (Å²) >= 11 is 1.74. The number of hydrogen-bond donors (Lipinski definition) is 1. The van der Waals surface area contributed by atoms with Crippen LogP contribution in [0.5, 0.6) is 5.75 Å². The number of aryl methyl sites for hydroxylation is 1. The van der Waals surface area contributed by atoms with Crippen LogP contribution < -0.4 is 14.6 Å². The summed E-state index contributed by atoms with van der Waals surface area (Å²) in [4.78, 5) is 14.5. The first-order valence-corrected chi connectivity index (χ1v) is 16.8. The highest BCUT2D eigenvalue weighted by molar-refractivity contribution is 7.09. The van der Waals surface area contributed by atoms with E-state index in [1.54, 1.807) is 11.3 Å². The molecule has 0 spiro atoms. The molecule has 0 saturated carbocycles. The van der Waals surface area contributed by atoms with Gasteiger partial charge in [0.2, 0.25) is 5.51 Å². The molecule has 1 amide bonds. The Labute approximate surface area is 253 Å². The summed E-state index contributed by atoms with van der Waals surface area (Å²) in [7, 11) is 0. The number of nitrogens with one attached hydrogen (secondary N) is 1. The van der Waals surface area contributed by atoms with Crippen LogP contribution in [0.1, 0.15) is 131 Å². The van der Waals surface area contributed by atoms with Crippen molar-refractivity contribution in [2.75, 3.05) is 11.9 Å². The molecule has 41 heavy (non-hydrogen) atoms. The molecule has 1 N–H and O–H groups in total. The van der Waals surface area contributed by atoms with Crippen LogP contribution >= 0.6 is 11.3 Å². The molecule has 0 aliphatic rings. The van der Waals surface area contributed by atoms with E-state index in [2.05, 4.69) is 62.3 Å². The Morgan fingerprint density at radius 3 is 2.02 bits per heavy atom. The number of para-hydroxylation sites is 1. The largest absolute Gasteiger partial charge is 0.491 e. The lowest BCUT2D eigenvalue weighted by molar-refractivity contribution is -0.683. The third-order valence-corrected chi connectivity index (χ3v) is 8.47. The van der Waals surface area contributed by atoms with Crippen LogP contribution in [-0.2, 0) is 12.0 Å². The van der Waals surface area contributed by atoms with Gasteiger partial charge in [-0.1, -0.05) is 134 Å². The van der Waals surface area contributed by atoms with Gasteiger partial charge in [0.05, 0.1) is 17.2 Å². The number of hydrogen-bond acceptors (Lipinski definition) is 3. The maximum absolute atomic E-state index is 13.2. The zero-order valence-electron chi connectivity index (χ0n) is 26.3. The van der Waals surface area contributed by atoms with Gasteiger partial charge >= 0.3 is 0 Å². The lowest BCUT2D eigenvalue weighted by atomic mass is 9.86. The fraction of sp³-hybridized carbons (Fsp3) is 0.556. The maximum Gasteiger partial charge on any atom is 0.255 e. The number of rotatable bonds is 18. The monoisotopic (exact) mass is 577 g/mol. The smallest absolute Gasteiger partial charge is 0.255 e. The van der Waals surface area contributed by atoms with Crippen LogP contribution in [-0.4, -0.2) is 12.5 Å². The molecule has 0 fully saturated rings. The fourth-order valence-corrected chi connectivity index (χ4v) is 5.83.